The number of ether oxygens (including phenoxy) is 1. The van der Waals surface area contributed by atoms with Crippen LogP contribution in [-0.4, -0.2) is 29.5 Å². The second-order valence-corrected chi connectivity index (χ2v) is 6.56. The molecule has 0 saturated heterocycles. The van der Waals surface area contributed by atoms with Crippen molar-refractivity contribution in [1.29, 1.82) is 0 Å². The minimum Gasteiger partial charge on any atom is -0.508 e. The summed E-state index contributed by atoms with van der Waals surface area (Å²) in [4.78, 5) is 17.9. The lowest BCUT2D eigenvalue weighted by Crippen LogP contribution is -2.32. The van der Waals surface area contributed by atoms with Gasteiger partial charge in [-0.15, -0.1) is 0 Å². The van der Waals surface area contributed by atoms with Gasteiger partial charge in [0.2, 0.25) is 6.10 Å². The number of oxime groups is 1. The molecule has 136 valence electrons. The molecule has 1 aliphatic rings. The van der Waals surface area contributed by atoms with Gasteiger partial charge in [-0.2, -0.15) is 0 Å². The van der Waals surface area contributed by atoms with E-state index in [4.69, 9.17) is 9.57 Å². The fourth-order valence-electron chi connectivity index (χ4n) is 3.62. The van der Waals surface area contributed by atoms with Crippen molar-refractivity contribution in [2.45, 2.75) is 39.7 Å². The summed E-state index contributed by atoms with van der Waals surface area (Å²) >= 11 is 0. The number of hydrogen-bond donors (Lipinski definition) is 1. The number of hydrogen-bond acceptors (Lipinski definition) is 5. The van der Waals surface area contributed by atoms with E-state index in [1.54, 1.807) is 25.1 Å². The van der Waals surface area contributed by atoms with Crippen molar-refractivity contribution in [3.8, 4) is 5.75 Å². The lowest BCUT2D eigenvalue weighted by molar-refractivity contribution is -0.155. The van der Waals surface area contributed by atoms with Crippen molar-refractivity contribution < 1.29 is 19.5 Å². The van der Waals surface area contributed by atoms with E-state index in [-0.39, 0.29) is 12.4 Å². The van der Waals surface area contributed by atoms with E-state index in [9.17, 15) is 9.90 Å². The summed E-state index contributed by atoms with van der Waals surface area (Å²) in [6, 6.07) is 11.1. The summed E-state index contributed by atoms with van der Waals surface area (Å²) in [5.41, 5.74) is 5.44. The van der Waals surface area contributed by atoms with E-state index in [0.29, 0.717) is 11.3 Å². The molecule has 2 aromatic rings. The molecule has 0 saturated carbocycles. The predicted molar refractivity (Wildman–Crippen MR) is 99.5 cm³/mol. The third-order valence-corrected chi connectivity index (χ3v) is 4.59. The third-order valence-electron chi connectivity index (χ3n) is 4.59. The first kappa shape index (κ1) is 18.0. The van der Waals surface area contributed by atoms with Gasteiger partial charge in [-0.1, -0.05) is 41.1 Å². The second-order valence-electron chi connectivity index (χ2n) is 6.56. The van der Waals surface area contributed by atoms with Crippen LogP contribution >= 0.6 is 0 Å². The van der Waals surface area contributed by atoms with Crippen LogP contribution in [-0.2, 0) is 14.4 Å². The summed E-state index contributed by atoms with van der Waals surface area (Å²) in [7, 11) is 0. The lowest BCUT2D eigenvalue weighted by atomic mass is 9.82. The number of phenols is 1. The van der Waals surface area contributed by atoms with Gasteiger partial charge in [0, 0.05) is 11.1 Å². The van der Waals surface area contributed by atoms with Crippen LogP contribution in [0.2, 0.25) is 0 Å². The summed E-state index contributed by atoms with van der Waals surface area (Å²) < 4.78 is 5.16. The Morgan fingerprint density at radius 2 is 1.85 bits per heavy atom. The van der Waals surface area contributed by atoms with Gasteiger partial charge in [-0.25, -0.2) is 4.79 Å². The van der Waals surface area contributed by atoms with Crippen LogP contribution in [0.5, 0.6) is 5.75 Å². The zero-order valence-electron chi connectivity index (χ0n) is 15.4. The average Bonchev–Trinajstić information content (AvgIpc) is 2.99. The molecule has 2 atom stereocenters. The Labute approximate surface area is 153 Å². The Kier molecular flexibility index (Phi) is 4.98. The zero-order valence-corrected chi connectivity index (χ0v) is 15.4. The van der Waals surface area contributed by atoms with E-state index in [2.05, 4.69) is 17.3 Å². The number of para-hydroxylation sites is 1. The molecular formula is C21H23NO4. The molecule has 0 unspecified atom stereocenters. The smallest absolute Gasteiger partial charge is 0.351 e. The van der Waals surface area contributed by atoms with E-state index in [0.717, 1.165) is 22.3 Å². The standard InChI is InChI=1S/C21H23NO4/c1-5-25-21(24)20-18(15-8-6-7-9-16(15)23)19(22-26-20)17-13(3)10-12(2)11-14(17)4/h6-11,18,20,23H,5H2,1-4H3/t18-,20-/m0/s1. The van der Waals surface area contributed by atoms with Crippen molar-refractivity contribution in [2.24, 2.45) is 5.16 Å². The van der Waals surface area contributed by atoms with Gasteiger partial charge in [-0.05, 0) is 44.9 Å². The van der Waals surface area contributed by atoms with Gasteiger partial charge in [0.1, 0.15) is 5.75 Å². The number of esters is 1. The topological polar surface area (TPSA) is 68.1 Å². The summed E-state index contributed by atoms with van der Waals surface area (Å²) in [6.07, 6.45) is -0.918. The largest absolute Gasteiger partial charge is 0.508 e. The molecule has 0 radical (unpaired) electrons. The first-order valence-electron chi connectivity index (χ1n) is 8.70. The maximum absolute atomic E-state index is 12.4. The van der Waals surface area contributed by atoms with Crippen LogP contribution in [0.1, 0.15) is 40.7 Å². The van der Waals surface area contributed by atoms with Crippen molar-refractivity contribution in [3.05, 3.63) is 64.2 Å². The monoisotopic (exact) mass is 353 g/mol. The Bertz CT molecular complexity index is 849. The highest BCUT2D eigenvalue weighted by Gasteiger charge is 2.44. The lowest BCUT2D eigenvalue weighted by Gasteiger charge is -2.21. The molecule has 0 fully saturated rings. The van der Waals surface area contributed by atoms with Crippen molar-refractivity contribution in [3.63, 3.8) is 0 Å². The minimum absolute atomic E-state index is 0.104. The summed E-state index contributed by atoms with van der Waals surface area (Å²) in [6.45, 7) is 8.07. The van der Waals surface area contributed by atoms with Crippen LogP contribution < -0.4 is 0 Å². The molecular weight excluding hydrogens is 330 g/mol. The number of carbonyl (C=O) groups excluding carboxylic acids is 1. The number of phenolic OH excluding ortho intramolecular Hbond substituents is 1. The van der Waals surface area contributed by atoms with Gasteiger partial charge in [0.15, 0.2) is 0 Å². The summed E-state index contributed by atoms with van der Waals surface area (Å²) in [5, 5.41) is 14.6. The fraction of sp³-hybridized carbons (Fsp3) is 0.333. The van der Waals surface area contributed by atoms with Crippen LogP contribution in [0.4, 0.5) is 0 Å². The van der Waals surface area contributed by atoms with Crippen molar-refractivity contribution in [1.82, 2.24) is 0 Å². The Hall–Kier alpha value is -2.82. The zero-order chi connectivity index (χ0) is 18.8. The van der Waals surface area contributed by atoms with Crippen LogP contribution in [0.25, 0.3) is 0 Å². The van der Waals surface area contributed by atoms with E-state index >= 15 is 0 Å². The van der Waals surface area contributed by atoms with Crippen LogP contribution in [0.3, 0.4) is 0 Å². The maximum atomic E-state index is 12.4. The second kappa shape index (κ2) is 7.20. The van der Waals surface area contributed by atoms with Gasteiger partial charge in [-0.3, -0.25) is 0 Å². The molecule has 0 spiro atoms. The molecule has 26 heavy (non-hydrogen) atoms. The molecule has 5 nitrogen and oxygen atoms in total. The van der Waals surface area contributed by atoms with Crippen molar-refractivity contribution >= 4 is 11.7 Å². The SMILES string of the molecule is CCOC(=O)[C@H]1ON=C(c2c(C)cc(C)cc2C)[C@@H]1c1ccccc1O. The highest BCUT2D eigenvalue weighted by Crippen LogP contribution is 2.38. The number of aryl methyl sites for hydroxylation is 3. The van der Waals surface area contributed by atoms with Crippen molar-refractivity contribution in [2.75, 3.05) is 6.61 Å². The van der Waals surface area contributed by atoms with Gasteiger partial charge < -0.3 is 14.7 Å². The number of aromatic hydroxyl groups is 1. The van der Waals surface area contributed by atoms with Crippen LogP contribution in [0, 0.1) is 20.8 Å². The number of carbonyl (C=O) groups is 1. The predicted octanol–water partition coefficient (Wildman–Crippen LogP) is 3.77. The van der Waals surface area contributed by atoms with E-state index in [1.807, 2.05) is 26.8 Å². The molecule has 1 N–H and O–H groups in total. The normalized spacial score (nSPS) is 19.0. The number of benzene rings is 2. The third kappa shape index (κ3) is 3.17. The fourth-order valence-corrected chi connectivity index (χ4v) is 3.62. The Balaban J connectivity index is 2.13. The highest BCUT2D eigenvalue weighted by atomic mass is 16.7. The molecule has 1 aliphatic heterocycles. The van der Waals surface area contributed by atoms with Gasteiger partial charge >= 0.3 is 5.97 Å². The van der Waals surface area contributed by atoms with Gasteiger partial charge in [0.25, 0.3) is 0 Å². The molecule has 3 rings (SSSR count). The summed E-state index contributed by atoms with van der Waals surface area (Å²) in [5.74, 6) is -0.912. The number of rotatable bonds is 4. The average molecular weight is 353 g/mol. The van der Waals surface area contributed by atoms with Crippen LogP contribution in [0.15, 0.2) is 41.6 Å². The maximum Gasteiger partial charge on any atom is 0.351 e. The number of nitrogens with zero attached hydrogens (tertiary/aromatic N) is 1. The van der Waals surface area contributed by atoms with Gasteiger partial charge in [0.05, 0.1) is 18.2 Å². The minimum atomic E-state index is -0.918. The molecule has 0 aromatic heterocycles. The molecule has 0 aliphatic carbocycles. The molecule has 0 bridgehead atoms. The highest BCUT2D eigenvalue weighted by molar-refractivity contribution is 6.10. The molecule has 1 heterocycles. The first-order valence-corrected chi connectivity index (χ1v) is 8.70. The van der Waals surface area contributed by atoms with E-state index < -0.39 is 18.0 Å². The molecule has 5 heteroatoms. The quantitative estimate of drug-likeness (QED) is 0.850. The van der Waals surface area contributed by atoms with E-state index in [1.165, 1.54) is 0 Å². The Morgan fingerprint density at radius 3 is 2.46 bits per heavy atom. The molecule has 2 aromatic carbocycles. The Morgan fingerprint density at radius 1 is 1.19 bits per heavy atom. The first-order chi connectivity index (χ1) is 12.4. The molecule has 0 amide bonds.